The highest BCUT2D eigenvalue weighted by Gasteiger charge is 2.26. The molecule has 1 heterocycles. The van der Waals surface area contributed by atoms with Crippen molar-refractivity contribution in [1.82, 2.24) is 4.90 Å². The molecule has 0 bridgehead atoms. The van der Waals surface area contributed by atoms with Gasteiger partial charge in [-0.2, -0.15) is 0 Å². The fourth-order valence-electron chi connectivity index (χ4n) is 2.37. The van der Waals surface area contributed by atoms with Gasteiger partial charge in [0.2, 0.25) is 5.91 Å². The second-order valence-corrected chi connectivity index (χ2v) is 4.62. The Morgan fingerprint density at radius 2 is 2.11 bits per heavy atom. The predicted molar refractivity (Wildman–Crippen MR) is 67.3 cm³/mol. The number of carboxylic acids is 1. The highest BCUT2D eigenvalue weighted by molar-refractivity contribution is 5.76. The Hall–Kier alpha value is -1.10. The Labute approximate surface area is 108 Å². The summed E-state index contributed by atoms with van der Waals surface area (Å²) in [7, 11) is 0. The lowest BCUT2D eigenvalue weighted by atomic mass is 9.97. The number of carboxylic acid groups (broad SMARTS) is 1. The van der Waals surface area contributed by atoms with Gasteiger partial charge in [-0.25, -0.2) is 0 Å². The summed E-state index contributed by atoms with van der Waals surface area (Å²) in [6, 6.07) is 0.101. The highest BCUT2D eigenvalue weighted by atomic mass is 16.5. The summed E-state index contributed by atoms with van der Waals surface area (Å²) in [5.41, 5.74) is 0. The summed E-state index contributed by atoms with van der Waals surface area (Å²) < 4.78 is 5.19. The normalized spacial score (nSPS) is 19.8. The van der Waals surface area contributed by atoms with Crippen LogP contribution in [0.5, 0.6) is 0 Å². The fraction of sp³-hybridized carbons (Fsp3) is 0.846. The van der Waals surface area contributed by atoms with Gasteiger partial charge in [0.15, 0.2) is 0 Å². The maximum absolute atomic E-state index is 12.0. The molecule has 1 atom stereocenters. The van der Waals surface area contributed by atoms with Gasteiger partial charge in [0, 0.05) is 25.6 Å². The van der Waals surface area contributed by atoms with Crippen LogP contribution in [-0.4, -0.2) is 47.7 Å². The van der Waals surface area contributed by atoms with Gasteiger partial charge in [-0.1, -0.05) is 0 Å². The molecule has 1 fully saturated rings. The van der Waals surface area contributed by atoms with E-state index in [-0.39, 0.29) is 18.4 Å². The van der Waals surface area contributed by atoms with Gasteiger partial charge in [-0.15, -0.1) is 0 Å². The number of carbonyl (C=O) groups is 2. The maximum Gasteiger partial charge on any atom is 0.303 e. The number of ether oxygens (including phenoxy) is 1. The number of piperidine rings is 1. The molecule has 104 valence electrons. The molecule has 5 heteroatoms. The molecule has 0 aliphatic carbocycles. The largest absolute Gasteiger partial charge is 0.481 e. The minimum atomic E-state index is -0.790. The summed E-state index contributed by atoms with van der Waals surface area (Å²) in [5, 5.41) is 8.72. The van der Waals surface area contributed by atoms with E-state index in [2.05, 4.69) is 0 Å². The molecule has 0 radical (unpaired) electrons. The van der Waals surface area contributed by atoms with E-state index in [0.29, 0.717) is 26.1 Å². The van der Waals surface area contributed by atoms with Crippen LogP contribution in [-0.2, 0) is 14.3 Å². The number of aliphatic carboxylic acids is 1. The topological polar surface area (TPSA) is 66.8 Å². The third-order valence-corrected chi connectivity index (χ3v) is 3.30. The van der Waals surface area contributed by atoms with E-state index in [1.54, 1.807) is 0 Å². The van der Waals surface area contributed by atoms with Crippen molar-refractivity contribution in [2.24, 2.45) is 0 Å². The number of amides is 1. The average molecular weight is 257 g/mol. The summed E-state index contributed by atoms with van der Waals surface area (Å²) in [6.45, 7) is 3.74. The summed E-state index contributed by atoms with van der Waals surface area (Å²) >= 11 is 0. The lowest BCUT2D eigenvalue weighted by Crippen LogP contribution is -2.44. The standard InChI is InChI=1S/C13H23NO4/c1-2-18-10-8-12(15)14-9-4-3-5-11(14)6-7-13(16)17/h11H,2-10H2,1H3,(H,16,17)/t11-/m0/s1. The monoisotopic (exact) mass is 257 g/mol. The van der Waals surface area contributed by atoms with Gasteiger partial charge < -0.3 is 14.7 Å². The van der Waals surface area contributed by atoms with Crippen molar-refractivity contribution in [2.75, 3.05) is 19.8 Å². The SMILES string of the molecule is CCOCCC(=O)N1CCCC[C@H]1CCC(=O)O. The third-order valence-electron chi connectivity index (χ3n) is 3.30. The second kappa shape index (κ2) is 8.08. The van der Waals surface area contributed by atoms with Crippen molar-refractivity contribution in [1.29, 1.82) is 0 Å². The first-order chi connectivity index (χ1) is 8.65. The Morgan fingerprint density at radius 3 is 2.78 bits per heavy atom. The van der Waals surface area contributed by atoms with Crippen molar-refractivity contribution in [3.05, 3.63) is 0 Å². The van der Waals surface area contributed by atoms with Crippen LogP contribution in [0.2, 0.25) is 0 Å². The predicted octanol–water partition coefficient (Wildman–Crippen LogP) is 1.66. The maximum atomic E-state index is 12.0. The van der Waals surface area contributed by atoms with E-state index in [1.807, 2.05) is 11.8 Å². The van der Waals surface area contributed by atoms with Crippen LogP contribution >= 0.6 is 0 Å². The van der Waals surface area contributed by atoms with Crippen molar-refractivity contribution in [3.8, 4) is 0 Å². The van der Waals surface area contributed by atoms with Crippen LogP contribution < -0.4 is 0 Å². The van der Waals surface area contributed by atoms with E-state index in [9.17, 15) is 9.59 Å². The number of nitrogens with zero attached hydrogens (tertiary/aromatic N) is 1. The van der Waals surface area contributed by atoms with E-state index >= 15 is 0 Å². The summed E-state index contributed by atoms with van der Waals surface area (Å²) in [4.78, 5) is 24.5. The van der Waals surface area contributed by atoms with Crippen LogP contribution in [0.15, 0.2) is 0 Å². The molecule has 0 aromatic carbocycles. The van der Waals surface area contributed by atoms with Gasteiger partial charge in [-0.3, -0.25) is 9.59 Å². The molecule has 1 N–H and O–H groups in total. The molecule has 18 heavy (non-hydrogen) atoms. The van der Waals surface area contributed by atoms with E-state index in [1.165, 1.54) is 0 Å². The first-order valence-electron chi connectivity index (χ1n) is 6.74. The molecule has 1 rings (SSSR count). The van der Waals surface area contributed by atoms with Crippen LogP contribution in [0, 0.1) is 0 Å². The Kier molecular flexibility index (Phi) is 6.72. The Balaban J connectivity index is 2.42. The Morgan fingerprint density at radius 1 is 1.33 bits per heavy atom. The van der Waals surface area contributed by atoms with Crippen molar-refractivity contribution >= 4 is 11.9 Å². The molecule has 0 unspecified atom stereocenters. The van der Waals surface area contributed by atoms with Crippen molar-refractivity contribution in [3.63, 3.8) is 0 Å². The minimum Gasteiger partial charge on any atom is -0.481 e. The Bertz CT molecular complexity index is 280. The molecule has 5 nitrogen and oxygen atoms in total. The van der Waals surface area contributed by atoms with E-state index in [0.717, 1.165) is 25.8 Å². The minimum absolute atomic E-state index is 0.0959. The van der Waals surface area contributed by atoms with Crippen LogP contribution in [0.4, 0.5) is 0 Å². The lowest BCUT2D eigenvalue weighted by Gasteiger charge is -2.35. The highest BCUT2D eigenvalue weighted by Crippen LogP contribution is 2.21. The zero-order chi connectivity index (χ0) is 13.4. The van der Waals surface area contributed by atoms with Crippen LogP contribution in [0.3, 0.4) is 0 Å². The number of hydrogen-bond acceptors (Lipinski definition) is 3. The second-order valence-electron chi connectivity index (χ2n) is 4.62. The van der Waals surface area contributed by atoms with E-state index in [4.69, 9.17) is 9.84 Å². The van der Waals surface area contributed by atoms with E-state index < -0.39 is 5.97 Å². The molecule has 1 aliphatic heterocycles. The third kappa shape index (κ3) is 5.04. The smallest absolute Gasteiger partial charge is 0.303 e. The quantitative estimate of drug-likeness (QED) is 0.704. The lowest BCUT2D eigenvalue weighted by molar-refractivity contribution is -0.140. The first-order valence-corrected chi connectivity index (χ1v) is 6.74. The number of carbonyl (C=O) groups excluding carboxylic acids is 1. The molecule has 0 aromatic heterocycles. The molecule has 0 spiro atoms. The molecule has 0 aromatic rings. The molecular formula is C13H23NO4. The summed E-state index contributed by atoms with van der Waals surface area (Å²) in [6.07, 6.45) is 4.13. The number of hydrogen-bond donors (Lipinski definition) is 1. The van der Waals surface area contributed by atoms with Gasteiger partial charge in [0.1, 0.15) is 0 Å². The van der Waals surface area contributed by atoms with Crippen molar-refractivity contribution in [2.45, 2.75) is 51.5 Å². The molecule has 1 aliphatic rings. The summed E-state index contributed by atoms with van der Waals surface area (Å²) in [5.74, 6) is -0.694. The number of rotatable bonds is 7. The fourth-order valence-corrected chi connectivity index (χ4v) is 2.37. The van der Waals surface area contributed by atoms with Gasteiger partial charge in [-0.05, 0) is 32.6 Å². The average Bonchev–Trinajstić information content (AvgIpc) is 2.37. The van der Waals surface area contributed by atoms with Crippen molar-refractivity contribution < 1.29 is 19.4 Å². The first kappa shape index (κ1) is 15.0. The zero-order valence-electron chi connectivity index (χ0n) is 11.1. The van der Waals surface area contributed by atoms with Crippen LogP contribution in [0.25, 0.3) is 0 Å². The van der Waals surface area contributed by atoms with Gasteiger partial charge >= 0.3 is 5.97 Å². The molecule has 1 saturated heterocycles. The van der Waals surface area contributed by atoms with Crippen LogP contribution in [0.1, 0.15) is 45.4 Å². The van der Waals surface area contributed by atoms with Gasteiger partial charge in [0.25, 0.3) is 0 Å². The zero-order valence-corrected chi connectivity index (χ0v) is 11.1. The molecule has 0 saturated carbocycles. The van der Waals surface area contributed by atoms with Gasteiger partial charge in [0.05, 0.1) is 13.0 Å². The molecular weight excluding hydrogens is 234 g/mol. The molecule has 1 amide bonds. The number of likely N-dealkylation sites (tertiary alicyclic amines) is 1.